The highest BCUT2D eigenvalue weighted by atomic mass is 32.1. The second-order valence-electron chi connectivity index (χ2n) is 5.47. The number of hydrogen-bond acceptors (Lipinski definition) is 3. The van der Waals surface area contributed by atoms with E-state index in [2.05, 4.69) is 23.3 Å². The van der Waals surface area contributed by atoms with Crippen molar-refractivity contribution in [2.75, 3.05) is 6.54 Å². The van der Waals surface area contributed by atoms with Gasteiger partial charge in [0.15, 0.2) is 0 Å². The first-order valence-electron chi connectivity index (χ1n) is 6.27. The SMILES string of the molecule is CC(C)(C)NC(=O)CCNC(=O)c1cc(S)ccc1F. The molecule has 4 nitrogen and oxygen atoms in total. The minimum absolute atomic E-state index is 0.0753. The fourth-order valence-corrected chi connectivity index (χ4v) is 1.76. The van der Waals surface area contributed by atoms with Gasteiger partial charge in [0.2, 0.25) is 5.91 Å². The van der Waals surface area contributed by atoms with Gasteiger partial charge in [0.1, 0.15) is 5.82 Å². The Hall–Kier alpha value is -1.56. The summed E-state index contributed by atoms with van der Waals surface area (Å²) in [4.78, 5) is 23.8. The van der Waals surface area contributed by atoms with Gasteiger partial charge in [0.25, 0.3) is 5.91 Å². The van der Waals surface area contributed by atoms with Crippen molar-refractivity contribution in [2.45, 2.75) is 37.6 Å². The molecule has 1 aromatic carbocycles. The zero-order valence-corrected chi connectivity index (χ0v) is 12.7. The fraction of sp³-hybridized carbons (Fsp3) is 0.429. The molecule has 110 valence electrons. The minimum Gasteiger partial charge on any atom is -0.351 e. The zero-order chi connectivity index (χ0) is 15.3. The highest BCUT2D eigenvalue weighted by Crippen LogP contribution is 2.13. The van der Waals surface area contributed by atoms with Gasteiger partial charge in [-0.2, -0.15) is 0 Å². The molecule has 0 fully saturated rings. The Bertz CT molecular complexity index is 512. The summed E-state index contributed by atoms with van der Waals surface area (Å²) in [5.74, 6) is -1.33. The number of hydrogen-bond donors (Lipinski definition) is 3. The van der Waals surface area contributed by atoms with Crippen LogP contribution in [0.25, 0.3) is 0 Å². The number of nitrogens with one attached hydrogen (secondary N) is 2. The molecular weight excluding hydrogens is 279 g/mol. The number of amides is 2. The van der Waals surface area contributed by atoms with Crippen molar-refractivity contribution in [1.29, 1.82) is 0 Å². The lowest BCUT2D eigenvalue weighted by molar-refractivity contribution is -0.122. The standard InChI is InChI=1S/C14H19FN2O2S/c1-14(2,3)17-12(18)6-7-16-13(19)10-8-9(20)4-5-11(10)15/h4-5,8,20H,6-7H2,1-3H3,(H,16,19)(H,17,18). The van der Waals surface area contributed by atoms with Crippen LogP contribution < -0.4 is 10.6 Å². The van der Waals surface area contributed by atoms with Crippen LogP contribution in [0.4, 0.5) is 4.39 Å². The van der Waals surface area contributed by atoms with Crippen LogP contribution in [0, 0.1) is 5.82 Å². The number of thiol groups is 1. The molecule has 0 saturated carbocycles. The molecule has 0 heterocycles. The van der Waals surface area contributed by atoms with Crippen LogP contribution in [-0.2, 0) is 4.79 Å². The maximum Gasteiger partial charge on any atom is 0.254 e. The predicted molar refractivity (Wildman–Crippen MR) is 78.5 cm³/mol. The Kier molecular flexibility index (Phi) is 5.56. The van der Waals surface area contributed by atoms with Crippen molar-refractivity contribution in [3.63, 3.8) is 0 Å². The summed E-state index contributed by atoms with van der Waals surface area (Å²) in [6.07, 6.45) is 0.144. The summed E-state index contributed by atoms with van der Waals surface area (Å²) in [5.41, 5.74) is -0.387. The first-order valence-corrected chi connectivity index (χ1v) is 6.71. The zero-order valence-electron chi connectivity index (χ0n) is 11.8. The summed E-state index contributed by atoms with van der Waals surface area (Å²) in [7, 11) is 0. The maximum absolute atomic E-state index is 13.5. The highest BCUT2D eigenvalue weighted by Gasteiger charge is 2.15. The lowest BCUT2D eigenvalue weighted by Gasteiger charge is -2.20. The van der Waals surface area contributed by atoms with Gasteiger partial charge in [-0.3, -0.25) is 9.59 Å². The van der Waals surface area contributed by atoms with E-state index in [0.29, 0.717) is 4.90 Å². The molecule has 0 unspecified atom stereocenters. The van der Waals surface area contributed by atoms with Crippen molar-refractivity contribution in [2.24, 2.45) is 0 Å². The van der Waals surface area contributed by atoms with E-state index >= 15 is 0 Å². The summed E-state index contributed by atoms with van der Waals surface area (Å²) in [6, 6.07) is 4.00. The molecule has 0 radical (unpaired) electrons. The minimum atomic E-state index is -0.612. The van der Waals surface area contributed by atoms with Crippen LogP contribution in [0.1, 0.15) is 37.6 Å². The van der Waals surface area contributed by atoms with E-state index in [0.717, 1.165) is 0 Å². The van der Waals surface area contributed by atoms with Gasteiger partial charge in [-0.25, -0.2) is 4.39 Å². The molecule has 6 heteroatoms. The molecule has 0 atom stereocenters. The quantitative estimate of drug-likeness (QED) is 0.746. The largest absolute Gasteiger partial charge is 0.351 e. The Morgan fingerprint density at radius 1 is 1.30 bits per heavy atom. The molecule has 0 aliphatic carbocycles. The van der Waals surface area contributed by atoms with Gasteiger partial charge in [-0.15, -0.1) is 12.6 Å². The molecule has 0 aliphatic heterocycles. The van der Waals surface area contributed by atoms with E-state index in [1.165, 1.54) is 18.2 Å². The third kappa shape index (κ3) is 5.61. The molecule has 0 aliphatic rings. The molecule has 0 saturated heterocycles. The van der Waals surface area contributed by atoms with Crippen molar-refractivity contribution < 1.29 is 14.0 Å². The van der Waals surface area contributed by atoms with Crippen LogP contribution in [0.2, 0.25) is 0 Å². The third-order valence-electron chi connectivity index (χ3n) is 2.35. The second kappa shape index (κ2) is 6.74. The molecular formula is C14H19FN2O2S. The Morgan fingerprint density at radius 3 is 2.55 bits per heavy atom. The van der Waals surface area contributed by atoms with Crippen molar-refractivity contribution in [3.05, 3.63) is 29.6 Å². The lowest BCUT2D eigenvalue weighted by atomic mass is 10.1. The number of carbonyl (C=O) groups excluding carboxylic acids is 2. The molecule has 0 bridgehead atoms. The Labute approximate surface area is 123 Å². The fourth-order valence-electron chi connectivity index (χ4n) is 1.55. The number of carbonyl (C=O) groups is 2. The molecule has 0 spiro atoms. The highest BCUT2D eigenvalue weighted by molar-refractivity contribution is 7.80. The van der Waals surface area contributed by atoms with Crippen LogP contribution in [0.5, 0.6) is 0 Å². The van der Waals surface area contributed by atoms with Crippen molar-refractivity contribution in [1.82, 2.24) is 10.6 Å². The van der Waals surface area contributed by atoms with E-state index in [-0.39, 0.29) is 30.0 Å². The Balaban J connectivity index is 2.48. The second-order valence-corrected chi connectivity index (χ2v) is 5.98. The van der Waals surface area contributed by atoms with Gasteiger partial charge in [-0.1, -0.05) is 0 Å². The average molecular weight is 298 g/mol. The molecule has 2 N–H and O–H groups in total. The van der Waals surface area contributed by atoms with Crippen LogP contribution >= 0.6 is 12.6 Å². The number of halogens is 1. The number of rotatable bonds is 4. The molecule has 0 aromatic heterocycles. The van der Waals surface area contributed by atoms with Crippen LogP contribution in [0.15, 0.2) is 23.1 Å². The number of benzene rings is 1. The van der Waals surface area contributed by atoms with Gasteiger partial charge < -0.3 is 10.6 Å². The van der Waals surface area contributed by atoms with Gasteiger partial charge in [0.05, 0.1) is 5.56 Å². The smallest absolute Gasteiger partial charge is 0.254 e. The topological polar surface area (TPSA) is 58.2 Å². The maximum atomic E-state index is 13.5. The molecule has 2 amide bonds. The van der Waals surface area contributed by atoms with E-state index in [9.17, 15) is 14.0 Å². The summed E-state index contributed by atoms with van der Waals surface area (Å²) in [6.45, 7) is 5.77. The Morgan fingerprint density at radius 2 is 1.95 bits per heavy atom. The molecule has 20 heavy (non-hydrogen) atoms. The van der Waals surface area contributed by atoms with Crippen molar-refractivity contribution in [3.8, 4) is 0 Å². The van der Waals surface area contributed by atoms with E-state index in [4.69, 9.17) is 0 Å². The van der Waals surface area contributed by atoms with E-state index < -0.39 is 11.7 Å². The van der Waals surface area contributed by atoms with E-state index in [1.54, 1.807) is 0 Å². The van der Waals surface area contributed by atoms with Gasteiger partial charge >= 0.3 is 0 Å². The summed E-state index contributed by atoms with van der Waals surface area (Å²) in [5, 5.41) is 5.29. The lowest BCUT2D eigenvalue weighted by Crippen LogP contribution is -2.42. The summed E-state index contributed by atoms with van der Waals surface area (Å²) >= 11 is 4.06. The molecule has 1 aromatic rings. The first-order chi connectivity index (χ1) is 9.19. The monoisotopic (exact) mass is 298 g/mol. The first kappa shape index (κ1) is 16.5. The van der Waals surface area contributed by atoms with Gasteiger partial charge in [-0.05, 0) is 39.0 Å². The van der Waals surface area contributed by atoms with Crippen LogP contribution in [-0.4, -0.2) is 23.9 Å². The third-order valence-corrected chi connectivity index (χ3v) is 2.62. The van der Waals surface area contributed by atoms with E-state index in [1.807, 2.05) is 20.8 Å². The molecule has 1 rings (SSSR count). The predicted octanol–water partition coefficient (Wildman–Crippen LogP) is 2.15. The van der Waals surface area contributed by atoms with Crippen molar-refractivity contribution >= 4 is 24.4 Å². The normalized spacial score (nSPS) is 11.1. The average Bonchev–Trinajstić information content (AvgIpc) is 2.29. The van der Waals surface area contributed by atoms with Gasteiger partial charge in [0, 0.05) is 23.4 Å². The summed E-state index contributed by atoms with van der Waals surface area (Å²) < 4.78 is 13.5. The van der Waals surface area contributed by atoms with Crippen LogP contribution in [0.3, 0.4) is 0 Å².